The molecule has 1 rings (SSSR count). The molecule has 0 saturated carbocycles. The van der Waals surface area contributed by atoms with Gasteiger partial charge in [0.25, 0.3) is 0 Å². The summed E-state index contributed by atoms with van der Waals surface area (Å²) in [6.07, 6.45) is 0. The Balaban J connectivity index is 2.80. The molecule has 14 heavy (non-hydrogen) atoms. The summed E-state index contributed by atoms with van der Waals surface area (Å²) in [5.74, 6) is -0.148. The number of ether oxygens (including phenoxy) is 1. The van der Waals surface area contributed by atoms with Gasteiger partial charge in [-0.25, -0.2) is 9.78 Å². The number of halogens is 1. The molecule has 0 atom stereocenters. The van der Waals surface area contributed by atoms with Gasteiger partial charge in [-0.2, -0.15) is 0 Å². The van der Waals surface area contributed by atoms with Gasteiger partial charge in [0.05, 0.1) is 0 Å². The molecule has 0 bridgehead atoms. The highest BCUT2D eigenvalue weighted by molar-refractivity contribution is 14.1. The normalized spacial score (nSPS) is 11.5. The zero-order chi connectivity index (χ0) is 10.9. The Labute approximate surface area is 96.6 Å². The number of hydrogen-bond acceptors (Lipinski definition) is 3. The first-order chi connectivity index (χ1) is 6.29. The Morgan fingerprint density at radius 3 is 2.43 bits per heavy atom. The number of imidazole rings is 1. The number of aromatic nitrogens is 2. The van der Waals surface area contributed by atoms with Gasteiger partial charge in [-0.1, -0.05) is 0 Å². The number of aryl methyl sites for hydroxylation is 1. The third-order valence-corrected chi connectivity index (χ3v) is 2.47. The quantitative estimate of drug-likeness (QED) is 0.640. The standard InChI is InChI=1S/C9H13IN2O2/c1-5-6(10)12-7(11-5)8(13)14-9(2,3)4/h1-4H3,(H,11,12). The Morgan fingerprint density at radius 1 is 1.50 bits per heavy atom. The molecule has 0 aliphatic heterocycles. The topological polar surface area (TPSA) is 55.0 Å². The monoisotopic (exact) mass is 308 g/mol. The first-order valence-corrected chi connectivity index (χ1v) is 5.33. The fraction of sp³-hybridized carbons (Fsp3) is 0.556. The van der Waals surface area contributed by atoms with Gasteiger partial charge in [-0.05, 0) is 50.3 Å². The average molecular weight is 308 g/mol. The first kappa shape index (κ1) is 11.5. The van der Waals surface area contributed by atoms with Gasteiger partial charge in [-0.15, -0.1) is 0 Å². The number of nitrogens with one attached hydrogen (secondary N) is 1. The van der Waals surface area contributed by atoms with Crippen LogP contribution in [0, 0.1) is 10.6 Å². The highest BCUT2D eigenvalue weighted by Gasteiger charge is 2.20. The number of nitrogens with zero attached hydrogens (tertiary/aromatic N) is 1. The Hall–Kier alpha value is -0.590. The van der Waals surface area contributed by atoms with E-state index in [1.165, 1.54) is 0 Å². The maximum atomic E-state index is 11.5. The van der Waals surface area contributed by atoms with Crippen molar-refractivity contribution >= 4 is 28.6 Å². The van der Waals surface area contributed by atoms with E-state index in [1.807, 2.05) is 27.7 Å². The number of esters is 1. The fourth-order valence-corrected chi connectivity index (χ4v) is 1.24. The van der Waals surface area contributed by atoms with E-state index in [0.717, 1.165) is 9.39 Å². The molecule has 0 unspecified atom stereocenters. The fourth-order valence-electron chi connectivity index (χ4n) is 0.862. The summed E-state index contributed by atoms with van der Waals surface area (Å²) in [6, 6.07) is 0. The summed E-state index contributed by atoms with van der Waals surface area (Å²) in [4.78, 5) is 18.4. The van der Waals surface area contributed by atoms with Crippen molar-refractivity contribution in [1.29, 1.82) is 0 Å². The molecule has 0 radical (unpaired) electrons. The summed E-state index contributed by atoms with van der Waals surface area (Å²) in [6.45, 7) is 7.34. The van der Waals surface area contributed by atoms with E-state index in [0.29, 0.717) is 0 Å². The Kier molecular flexibility index (Phi) is 3.18. The van der Waals surface area contributed by atoms with Crippen molar-refractivity contribution in [3.63, 3.8) is 0 Å². The first-order valence-electron chi connectivity index (χ1n) is 4.25. The molecular formula is C9H13IN2O2. The molecular weight excluding hydrogens is 295 g/mol. The van der Waals surface area contributed by atoms with E-state index in [-0.39, 0.29) is 5.82 Å². The van der Waals surface area contributed by atoms with Crippen LogP contribution >= 0.6 is 22.6 Å². The third-order valence-electron chi connectivity index (χ3n) is 1.42. The largest absolute Gasteiger partial charge is 0.454 e. The maximum absolute atomic E-state index is 11.5. The van der Waals surface area contributed by atoms with Crippen molar-refractivity contribution in [3.05, 3.63) is 15.2 Å². The van der Waals surface area contributed by atoms with Crippen LogP contribution in [0.2, 0.25) is 0 Å². The van der Waals surface area contributed by atoms with Gasteiger partial charge in [-0.3, -0.25) is 0 Å². The molecule has 1 heterocycles. The Morgan fingerprint density at radius 2 is 2.07 bits per heavy atom. The number of rotatable bonds is 1. The highest BCUT2D eigenvalue weighted by Crippen LogP contribution is 2.12. The molecule has 1 N–H and O–H groups in total. The van der Waals surface area contributed by atoms with Crippen LogP contribution in [0.1, 0.15) is 37.1 Å². The lowest BCUT2D eigenvalue weighted by molar-refractivity contribution is 0.00566. The molecule has 5 heteroatoms. The van der Waals surface area contributed by atoms with Gasteiger partial charge in [0.2, 0.25) is 5.82 Å². The second kappa shape index (κ2) is 3.88. The van der Waals surface area contributed by atoms with Crippen molar-refractivity contribution in [1.82, 2.24) is 9.97 Å². The zero-order valence-corrected chi connectivity index (χ0v) is 10.8. The summed E-state index contributed by atoms with van der Waals surface area (Å²) >= 11 is 2.07. The van der Waals surface area contributed by atoms with Crippen LogP contribution in [0.4, 0.5) is 0 Å². The van der Waals surface area contributed by atoms with Crippen LogP contribution in [0.3, 0.4) is 0 Å². The minimum Gasteiger partial charge on any atom is -0.454 e. The molecule has 0 fully saturated rings. The minimum absolute atomic E-state index is 0.266. The van der Waals surface area contributed by atoms with Crippen molar-refractivity contribution in [2.24, 2.45) is 0 Å². The minimum atomic E-state index is -0.483. The Bertz CT molecular complexity index is 333. The molecule has 1 aromatic rings. The third kappa shape index (κ3) is 2.97. The van der Waals surface area contributed by atoms with Gasteiger partial charge in [0.1, 0.15) is 9.30 Å². The molecule has 4 nitrogen and oxygen atoms in total. The van der Waals surface area contributed by atoms with Crippen molar-refractivity contribution < 1.29 is 9.53 Å². The van der Waals surface area contributed by atoms with Crippen LogP contribution in [0.5, 0.6) is 0 Å². The van der Waals surface area contributed by atoms with Gasteiger partial charge < -0.3 is 9.72 Å². The number of carbonyl (C=O) groups excluding carboxylic acids is 1. The molecule has 0 aliphatic rings. The van der Waals surface area contributed by atoms with Crippen molar-refractivity contribution in [2.75, 3.05) is 0 Å². The number of H-pyrrole nitrogens is 1. The molecule has 0 aromatic carbocycles. The number of hydrogen-bond donors (Lipinski definition) is 1. The molecule has 78 valence electrons. The predicted octanol–water partition coefficient (Wildman–Crippen LogP) is 2.28. The lowest BCUT2D eigenvalue weighted by atomic mass is 10.2. The van der Waals surface area contributed by atoms with E-state index < -0.39 is 11.6 Å². The van der Waals surface area contributed by atoms with Crippen LogP contribution in [0.25, 0.3) is 0 Å². The predicted molar refractivity (Wildman–Crippen MR) is 61.2 cm³/mol. The summed E-state index contributed by atoms with van der Waals surface area (Å²) in [7, 11) is 0. The number of carbonyl (C=O) groups is 1. The molecule has 0 amide bonds. The van der Waals surface area contributed by atoms with Crippen molar-refractivity contribution in [2.45, 2.75) is 33.3 Å². The van der Waals surface area contributed by atoms with E-state index in [1.54, 1.807) is 0 Å². The van der Waals surface area contributed by atoms with Gasteiger partial charge in [0, 0.05) is 5.69 Å². The second-order valence-corrected chi connectivity index (χ2v) is 5.02. The SMILES string of the molecule is Cc1[nH]c(C(=O)OC(C)(C)C)nc1I. The average Bonchev–Trinajstić information content (AvgIpc) is 2.28. The summed E-state index contributed by atoms with van der Waals surface area (Å²) in [5.41, 5.74) is 0.398. The van der Waals surface area contributed by atoms with E-state index in [9.17, 15) is 4.79 Å². The van der Waals surface area contributed by atoms with E-state index in [2.05, 4.69) is 32.6 Å². The molecule has 0 aliphatic carbocycles. The highest BCUT2D eigenvalue weighted by atomic mass is 127. The lowest BCUT2D eigenvalue weighted by Gasteiger charge is -2.18. The van der Waals surface area contributed by atoms with Crippen LogP contribution in [-0.2, 0) is 4.74 Å². The maximum Gasteiger partial charge on any atom is 0.374 e. The van der Waals surface area contributed by atoms with Crippen LogP contribution < -0.4 is 0 Å². The smallest absolute Gasteiger partial charge is 0.374 e. The molecule has 1 aromatic heterocycles. The molecule has 0 saturated heterocycles. The zero-order valence-electron chi connectivity index (χ0n) is 8.64. The van der Waals surface area contributed by atoms with E-state index in [4.69, 9.17) is 4.74 Å². The second-order valence-electron chi connectivity index (χ2n) is 4.00. The van der Waals surface area contributed by atoms with Crippen LogP contribution in [-0.4, -0.2) is 21.5 Å². The van der Waals surface area contributed by atoms with Crippen LogP contribution in [0.15, 0.2) is 0 Å². The van der Waals surface area contributed by atoms with E-state index >= 15 is 0 Å². The van der Waals surface area contributed by atoms with Gasteiger partial charge >= 0.3 is 5.97 Å². The summed E-state index contributed by atoms with van der Waals surface area (Å²) in [5, 5.41) is 0. The number of aromatic amines is 1. The summed E-state index contributed by atoms with van der Waals surface area (Å²) < 4.78 is 5.95. The van der Waals surface area contributed by atoms with Crippen molar-refractivity contribution in [3.8, 4) is 0 Å². The lowest BCUT2D eigenvalue weighted by Crippen LogP contribution is -2.24. The molecule has 0 spiro atoms. The van der Waals surface area contributed by atoms with Gasteiger partial charge in [0.15, 0.2) is 0 Å².